The first-order valence-electron chi connectivity index (χ1n) is 7.35. The van der Waals surface area contributed by atoms with E-state index in [1.165, 1.54) is 12.8 Å². The first-order chi connectivity index (χ1) is 9.31. The van der Waals surface area contributed by atoms with Crippen LogP contribution in [-0.2, 0) is 4.79 Å². The Labute approximate surface area is 115 Å². The maximum atomic E-state index is 11.7. The van der Waals surface area contributed by atoms with E-state index in [9.17, 15) is 4.79 Å². The Balaban J connectivity index is 1.89. The molecular weight excluding hydrogens is 240 g/mol. The van der Waals surface area contributed by atoms with Crippen LogP contribution in [0.3, 0.4) is 0 Å². The van der Waals surface area contributed by atoms with E-state index >= 15 is 0 Å². The van der Waals surface area contributed by atoms with Crippen molar-refractivity contribution in [1.82, 2.24) is 10.2 Å². The molecule has 4 heteroatoms. The lowest BCUT2D eigenvalue weighted by Crippen LogP contribution is -2.36. The lowest BCUT2D eigenvalue weighted by atomic mass is 10.2. The van der Waals surface area contributed by atoms with Crippen LogP contribution < -0.4 is 5.32 Å². The molecule has 1 atom stereocenters. The molecule has 1 amide bonds. The molecule has 4 nitrogen and oxygen atoms in total. The summed E-state index contributed by atoms with van der Waals surface area (Å²) in [4.78, 5) is 14.1. The van der Waals surface area contributed by atoms with E-state index in [0.29, 0.717) is 13.0 Å². The molecule has 0 radical (unpaired) electrons. The minimum atomic E-state index is 0.151. The number of nitrogens with zero attached hydrogens (tertiary/aromatic N) is 1. The highest BCUT2D eigenvalue weighted by Crippen LogP contribution is 2.24. The zero-order valence-electron chi connectivity index (χ0n) is 11.7. The number of nitrogens with one attached hydrogen (secondary N) is 1. The monoisotopic (exact) mass is 264 g/mol. The lowest BCUT2D eigenvalue weighted by molar-refractivity contribution is -0.121. The second kappa shape index (κ2) is 7.34. The van der Waals surface area contributed by atoms with Gasteiger partial charge in [-0.25, -0.2) is 0 Å². The second-order valence-corrected chi connectivity index (χ2v) is 5.18. The van der Waals surface area contributed by atoms with Crippen LogP contribution in [0.15, 0.2) is 22.8 Å². The van der Waals surface area contributed by atoms with Gasteiger partial charge in [-0.05, 0) is 44.5 Å². The molecule has 1 N–H and O–H groups in total. The van der Waals surface area contributed by atoms with Crippen molar-refractivity contribution < 1.29 is 9.21 Å². The summed E-state index contributed by atoms with van der Waals surface area (Å²) in [6.45, 7) is 4.94. The third kappa shape index (κ3) is 4.10. The third-order valence-electron chi connectivity index (χ3n) is 3.70. The van der Waals surface area contributed by atoms with Gasteiger partial charge < -0.3 is 9.73 Å². The van der Waals surface area contributed by atoms with Crippen LogP contribution in [0.5, 0.6) is 0 Å². The molecule has 1 aromatic rings. The Morgan fingerprint density at radius 3 is 2.89 bits per heavy atom. The van der Waals surface area contributed by atoms with Gasteiger partial charge in [0.15, 0.2) is 0 Å². The van der Waals surface area contributed by atoms with Gasteiger partial charge in [-0.3, -0.25) is 9.69 Å². The van der Waals surface area contributed by atoms with Crippen molar-refractivity contribution in [2.45, 2.75) is 45.1 Å². The third-order valence-corrected chi connectivity index (χ3v) is 3.70. The predicted molar refractivity (Wildman–Crippen MR) is 74.8 cm³/mol. The zero-order chi connectivity index (χ0) is 13.5. The number of likely N-dealkylation sites (tertiary alicyclic amines) is 1. The first kappa shape index (κ1) is 14.1. The van der Waals surface area contributed by atoms with Crippen molar-refractivity contribution in [2.24, 2.45) is 0 Å². The molecule has 1 aliphatic rings. The van der Waals surface area contributed by atoms with Crippen molar-refractivity contribution in [3.8, 4) is 0 Å². The van der Waals surface area contributed by atoms with Crippen LogP contribution in [0.4, 0.5) is 0 Å². The quantitative estimate of drug-likeness (QED) is 0.823. The average molecular weight is 264 g/mol. The van der Waals surface area contributed by atoms with E-state index in [1.807, 2.05) is 12.1 Å². The lowest BCUT2D eigenvalue weighted by Gasteiger charge is -2.26. The molecule has 0 bridgehead atoms. The number of unbranched alkanes of at least 4 members (excludes halogenated alkanes) is 1. The SMILES string of the molecule is CCCCC(=O)NCC(c1ccco1)N1CCCC1. The molecule has 19 heavy (non-hydrogen) atoms. The minimum Gasteiger partial charge on any atom is -0.468 e. The van der Waals surface area contributed by atoms with Crippen LogP contribution in [0.2, 0.25) is 0 Å². The Kier molecular flexibility index (Phi) is 5.45. The minimum absolute atomic E-state index is 0.151. The fraction of sp³-hybridized carbons (Fsp3) is 0.667. The summed E-state index contributed by atoms with van der Waals surface area (Å²) in [5.41, 5.74) is 0. The van der Waals surface area contributed by atoms with Crippen LogP contribution in [0, 0.1) is 0 Å². The van der Waals surface area contributed by atoms with Crippen molar-refractivity contribution in [2.75, 3.05) is 19.6 Å². The molecule has 1 aromatic heterocycles. The van der Waals surface area contributed by atoms with Crippen molar-refractivity contribution in [3.63, 3.8) is 0 Å². The van der Waals surface area contributed by atoms with Gasteiger partial charge in [0.25, 0.3) is 0 Å². The maximum Gasteiger partial charge on any atom is 0.220 e. The topological polar surface area (TPSA) is 45.5 Å². The van der Waals surface area contributed by atoms with E-state index < -0.39 is 0 Å². The van der Waals surface area contributed by atoms with Gasteiger partial charge in [0.1, 0.15) is 5.76 Å². The number of carbonyl (C=O) groups is 1. The number of hydrogen-bond donors (Lipinski definition) is 1. The molecule has 1 fully saturated rings. The Morgan fingerprint density at radius 1 is 1.47 bits per heavy atom. The van der Waals surface area contributed by atoms with Crippen LogP contribution in [-0.4, -0.2) is 30.4 Å². The molecule has 106 valence electrons. The van der Waals surface area contributed by atoms with E-state index in [-0.39, 0.29) is 11.9 Å². The number of hydrogen-bond acceptors (Lipinski definition) is 3. The van der Waals surface area contributed by atoms with Gasteiger partial charge in [-0.2, -0.15) is 0 Å². The molecule has 0 spiro atoms. The predicted octanol–water partition coefficient (Wildman–Crippen LogP) is 2.72. The van der Waals surface area contributed by atoms with Crippen LogP contribution >= 0.6 is 0 Å². The molecule has 1 unspecified atom stereocenters. The number of furan rings is 1. The largest absolute Gasteiger partial charge is 0.468 e. The fourth-order valence-electron chi connectivity index (χ4n) is 2.58. The molecule has 1 aliphatic heterocycles. The Bertz CT molecular complexity index is 370. The van der Waals surface area contributed by atoms with Gasteiger partial charge in [-0.1, -0.05) is 13.3 Å². The molecule has 0 aliphatic carbocycles. The summed E-state index contributed by atoms with van der Waals surface area (Å²) in [7, 11) is 0. The summed E-state index contributed by atoms with van der Waals surface area (Å²) in [6.07, 6.45) is 6.82. The Morgan fingerprint density at radius 2 is 2.26 bits per heavy atom. The van der Waals surface area contributed by atoms with E-state index in [0.717, 1.165) is 31.7 Å². The highest BCUT2D eigenvalue weighted by atomic mass is 16.3. The van der Waals surface area contributed by atoms with Gasteiger partial charge in [0, 0.05) is 13.0 Å². The molecule has 2 rings (SSSR count). The Hall–Kier alpha value is -1.29. The first-order valence-corrected chi connectivity index (χ1v) is 7.35. The summed E-state index contributed by atoms with van der Waals surface area (Å²) in [5, 5.41) is 3.04. The fourth-order valence-corrected chi connectivity index (χ4v) is 2.58. The van der Waals surface area contributed by atoms with E-state index in [4.69, 9.17) is 4.42 Å². The standard InChI is InChI=1S/C15H24N2O2/c1-2-3-8-15(18)16-12-13(14-7-6-11-19-14)17-9-4-5-10-17/h6-7,11,13H,2-5,8-10,12H2,1H3,(H,16,18). The summed E-state index contributed by atoms with van der Waals surface area (Å²) < 4.78 is 5.53. The normalized spacial score (nSPS) is 17.5. The van der Waals surface area contributed by atoms with E-state index in [2.05, 4.69) is 17.1 Å². The van der Waals surface area contributed by atoms with Crippen LogP contribution in [0.1, 0.15) is 50.8 Å². The van der Waals surface area contributed by atoms with Crippen molar-refractivity contribution >= 4 is 5.91 Å². The number of amides is 1. The van der Waals surface area contributed by atoms with E-state index in [1.54, 1.807) is 6.26 Å². The van der Waals surface area contributed by atoms with Crippen LogP contribution in [0.25, 0.3) is 0 Å². The van der Waals surface area contributed by atoms with Gasteiger partial charge >= 0.3 is 0 Å². The van der Waals surface area contributed by atoms with Crippen molar-refractivity contribution in [3.05, 3.63) is 24.2 Å². The van der Waals surface area contributed by atoms with Gasteiger partial charge in [0.2, 0.25) is 5.91 Å². The maximum absolute atomic E-state index is 11.7. The molecule has 0 saturated carbocycles. The number of rotatable bonds is 7. The molecule has 2 heterocycles. The molecule has 0 aromatic carbocycles. The zero-order valence-corrected chi connectivity index (χ0v) is 11.7. The smallest absolute Gasteiger partial charge is 0.220 e. The summed E-state index contributed by atoms with van der Waals surface area (Å²) in [5.74, 6) is 1.11. The molecular formula is C15H24N2O2. The molecule has 1 saturated heterocycles. The second-order valence-electron chi connectivity index (χ2n) is 5.18. The van der Waals surface area contributed by atoms with Gasteiger partial charge in [0.05, 0.1) is 12.3 Å². The number of carbonyl (C=O) groups excluding carboxylic acids is 1. The summed E-state index contributed by atoms with van der Waals surface area (Å²) >= 11 is 0. The highest BCUT2D eigenvalue weighted by molar-refractivity contribution is 5.75. The highest BCUT2D eigenvalue weighted by Gasteiger charge is 2.25. The van der Waals surface area contributed by atoms with Gasteiger partial charge in [-0.15, -0.1) is 0 Å². The average Bonchev–Trinajstić information content (AvgIpc) is 3.09. The van der Waals surface area contributed by atoms with Crippen molar-refractivity contribution in [1.29, 1.82) is 0 Å². The summed E-state index contributed by atoms with van der Waals surface area (Å²) in [6, 6.07) is 4.10.